The van der Waals surface area contributed by atoms with Crippen molar-refractivity contribution < 1.29 is 18.0 Å². The molecular weight excluding hydrogens is 347 g/mol. The van der Waals surface area contributed by atoms with Gasteiger partial charge in [0.1, 0.15) is 12.0 Å². The molecule has 6 nitrogen and oxygen atoms in total. The molecule has 2 heterocycles. The zero-order valence-corrected chi connectivity index (χ0v) is 14.5. The van der Waals surface area contributed by atoms with E-state index >= 15 is 0 Å². The second kappa shape index (κ2) is 7.77. The number of carbonyl (C=O) groups excluding carboxylic acids is 1. The predicted molar refractivity (Wildman–Crippen MR) is 89.6 cm³/mol. The lowest BCUT2D eigenvalue weighted by Gasteiger charge is -2.22. The molecule has 140 valence electrons. The number of hydrogen-bond donors (Lipinski definition) is 2. The fraction of sp³-hybridized carbons (Fsp3) is 0.412. The van der Waals surface area contributed by atoms with Gasteiger partial charge in [0.05, 0.1) is 23.5 Å². The van der Waals surface area contributed by atoms with E-state index in [2.05, 4.69) is 20.3 Å². The molecule has 0 aliphatic carbocycles. The summed E-state index contributed by atoms with van der Waals surface area (Å²) in [6.45, 7) is 3.73. The lowest BCUT2D eigenvalue weighted by atomic mass is 9.96. The number of rotatable bonds is 6. The van der Waals surface area contributed by atoms with Gasteiger partial charge in [-0.25, -0.2) is 9.97 Å². The Morgan fingerprint density at radius 2 is 1.96 bits per heavy atom. The van der Waals surface area contributed by atoms with Crippen molar-refractivity contribution in [2.75, 3.05) is 0 Å². The van der Waals surface area contributed by atoms with Gasteiger partial charge < -0.3 is 11.1 Å². The topological polar surface area (TPSA) is 93.8 Å². The van der Waals surface area contributed by atoms with Gasteiger partial charge in [-0.15, -0.1) is 0 Å². The summed E-state index contributed by atoms with van der Waals surface area (Å²) in [7, 11) is 0. The molecule has 0 bridgehead atoms. The van der Waals surface area contributed by atoms with Crippen LogP contribution >= 0.6 is 0 Å². The number of alkyl halides is 3. The van der Waals surface area contributed by atoms with Gasteiger partial charge in [0, 0.05) is 11.8 Å². The van der Waals surface area contributed by atoms with Crippen LogP contribution in [-0.2, 0) is 17.5 Å². The first-order valence-corrected chi connectivity index (χ1v) is 8.05. The molecule has 2 aromatic rings. The van der Waals surface area contributed by atoms with Crippen molar-refractivity contribution in [3.05, 3.63) is 42.1 Å². The van der Waals surface area contributed by atoms with Crippen LogP contribution in [0.4, 0.5) is 13.2 Å². The smallest absolute Gasteiger partial charge is 0.349 e. The van der Waals surface area contributed by atoms with E-state index in [1.807, 2.05) is 6.92 Å². The van der Waals surface area contributed by atoms with E-state index in [9.17, 15) is 18.0 Å². The van der Waals surface area contributed by atoms with Crippen LogP contribution in [0.3, 0.4) is 0 Å². The first kappa shape index (κ1) is 19.8. The zero-order valence-electron chi connectivity index (χ0n) is 14.5. The van der Waals surface area contributed by atoms with Gasteiger partial charge in [-0.2, -0.15) is 13.2 Å². The van der Waals surface area contributed by atoms with E-state index in [-0.39, 0.29) is 12.5 Å². The standard InChI is InChI=1S/C17H20F3N5O/c1-3-6-16(2,21)15(26)23-9-12-7-13(25-10-24-12)11-4-5-14(22-8-11)17(18,19)20/h4-5,7-8,10H,3,6,9,21H2,1-2H3,(H,23,26). The number of carbonyl (C=O) groups is 1. The molecule has 0 aromatic carbocycles. The van der Waals surface area contributed by atoms with Crippen LogP contribution < -0.4 is 11.1 Å². The van der Waals surface area contributed by atoms with Crippen molar-refractivity contribution in [1.82, 2.24) is 20.3 Å². The first-order chi connectivity index (χ1) is 12.1. The van der Waals surface area contributed by atoms with Crippen molar-refractivity contribution >= 4 is 5.91 Å². The third-order valence-corrected chi connectivity index (χ3v) is 3.79. The molecule has 0 spiro atoms. The number of halogens is 3. The van der Waals surface area contributed by atoms with Gasteiger partial charge in [-0.3, -0.25) is 9.78 Å². The molecule has 0 aliphatic rings. The van der Waals surface area contributed by atoms with Gasteiger partial charge >= 0.3 is 6.18 Å². The number of amides is 1. The van der Waals surface area contributed by atoms with Crippen LogP contribution in [0.2, 0.25) is 0 Å². The van der Waals surface area contributed by atoms with Gasteiger partial charge in [-0.05, 0) is 31.5 Å². The molecule has 0 radical (unpaired) electrons. The summed E-state index contributed by atoms with van der Waals surface area (Å²) in [5.74, 6) is -0.296. The minimum atomic E-state index is -4.49. The van der Waals surface area contributed by atoms with Crippen LogP contribution in [0.5, 0.6) is 0 Å². The molecule has 0 saturated heterocycles. The Morgan fingerprint density at radius 1 is 1.23 bits per heavy atom. The summed E-state index contributed by atoms with van der Waals surface area (Å²) in [5, 5.41) is 2.71. The molecule has 1 amide bonds. The highest BCUT2D eigenvalue weighted by Gasteiger charge is 2.32. The van der Waals surface area contributed by atoms with Crippen LogP contribution in [0.15, 0.2) is 30.7 Å². The Hall–Kier alpha value is -2.55. The summed E-state index contributed by atoms with van der Waals surface area (Å²) in [5.41, 5.74) is 5.36. The number of nitrogens with zero attached hydrogens (tertiary/aromatic N) is 3. The molecule has 3 N–H and O–H groups in total. The number of nitrogens with two attached hydrogens (primary N) is 1. The molecule has 1 unspecified atom stereocenters. The normalized spacial score (nSPS) is 13.9. The third-order valence-electron chi connectivity index (χ3n) is 3.79. The van der Waals surface area contributed by atoms with Gasteiger partial charge in [0.15, 0.2) is 0 Å². The number of hydrogen-bond acceptors (Lipinski definition) is 5. The maximum Gasteiger partial charge on any atom is 0.433 e. The van der Waals surface area contributed by atoms with E-state index in [0.29, 0.717) is 23.4 Å². The maximum absolute atomic E-state index is 12.6. The highest BCUT2D eigenvalue weighted by Crippen LogP contribution is 2.28. The van der Waals surface area contributed by atoms with E-state index in [1.165, 1.54) is 12.4 Å². The molecule has 9 heteroatoms. The molecule has 0 fully saturated rings. The largest absolute Gasteiger partial charge is 0.433 e. The van der Waals surface area contributed by atoms with E-state index in [4.69, 9.17) is 5.73 Å². The first-order valence-electron chi connectivity index (χ1n) is 8.05. The van der Waals surface area contributed by atoms with E-state index in [1.54, 1.807) is 13.0 Å². The number of aromatic nitrogens is 3. The maximum atomic E-state index is 12.6. The Bertz CT molecular complexity index is 760. The minimum Gasteiger partial charge on any atom is -0.349 e. The Kier molecular flexibility index (Phi) is 5.91. The Balaban J connectivity index is 2.10. The van der Waals surface area contributed by atoms with Gasteiger partial charge in [0.2, 0.25) is 5.91 Å². The molecule has 2 aromatic heterocycles. The van der Waals surface area contributed by atoms with Crippen molar-refractivity contribution in [3.8, 4) is 11.3 Å². The zero-order chi connectivity index (χ0) is 19.4. The van der Waals surface area contributed by atoms with Gasteiger partial charge in [0.25, 0.3) is 0 Å². The summed E-state index contributed by atoms with van der Waals surface area (Å²) in [6, 6.07) is 3.76. The third kappa shape index (κ3) is 4.98. The summed E-state index contributed by atoms with van der Waals surface area (Å²) in [6.07, 6.45) is -0.787. The van der Waals surface area contributed by atoms with E-state index in [0.717, 1.165) is 18.7 Å². The summed E-state index contributed by atoms with van der Waals surface area (Å²) in [4.78, 5) is 23.6. The quantitative estimate of drug-likeness (QED) is 0.819. The molecule has 26 heavy (non-hydrogen) atoms. The molecule has 2 rings (SSSR count). The monoisotopic (exact) mass is 367 g/mol. The number of nitrogens with one attached hydrogen (secondary N) is 1. The Labute approximate surface area is 149 Å². The lowest BCUT2D eigenvalue weighted by molar-refractivity contribution is -0.141. The predicted octanol–water partition coefficient (Wildman–Crippen LogP) is 2.69. The van der Waals surface area contributed by atoms with Crippen LogP contribution in [-0.4, -0.2) is 26.4 Å². The summed E-state index contributed by atoms with van der Waals surface area (Å²) >= 11 is 0. The van der Waals surface area contributed by atoms with Crippen molar-refractivity contribution in [1.29, 1.82) is 0 Å². The Morgan fingerprint density at radius 3 is 2.54 bits per heavy atom. The van der Waals surface area contributed by atoms with Crippen LogP contribution in [0.25, 0.3) is 11.3 Å². The molecular formula is C17H20F3N5O. The average molecular weight is 367 g/mol. The van der Waals surface area contributed by atoms with Crippen LogP contribution in [0, 0.1) is 0 Å². The number of pyridine rings is 1. The van der Waals surface area contributed by atoms with Crippen molar-refractivity contribution in [2.45, 2.75) is 44.9 Å². The average Bonchev–Trinajstić information content (AvgIpc) is 2.59. The van der Waals surface area contributed by atoms with Crippen molar-refractivity contribution in [3.63, 3.8) is 0 Å². The molecule has 0 saturated carbocycles. The second-order valence-electron chi connectivity index (χ2n) is 6.17. The molecule has 1 atom stereocenters. The molecule has 0 aliphatic heterocycles. The fourth-order valence-corrected chi connectivity index (χ4v) is 2.37. The van der Waals surface area contributed by atoms with Crippen LogP contribution in [0.1, 0.15) is 38.1 Å². The summed E-state index contributed by atoms with van der Waals surface area (Å²) < 4.78 is 37.7. The fourth-order valence-electron chi connectivity index (χ4n) is 2.37. The van der Waals surface area contributed by atoms with Gasteiger partial charge in [-0.1, -0.05) is 13.3 Å². The highest BCUT2D eigenvalue weighted by molar-refractivity contribution is 5.85. The highest BCUT2D eigenvalue weighted by atomic mass is 19.4. The second-order valence-corrected chi connectivity index (χ2v) is 6.17. The minimum absolute atomic E-state index is 0.138. The lowest BCUT2D eigenvalue weighted by Crippen LogP contribution is -2.51. The SMILES string of the molecule is CCCC(C)(N)C(=O)NCc1cc(-c2ccc(C(F)(F)F)nc2)ncn1. The van der Waals surface area contributed by atoms with E-state index < -0.39 is 17.4 Å². The van der Waals surface area contributed by atoms with Crippen molar-refractivity contribution in [2.24, 2.45) is 5.73 Å².